The lowest BCUT2D eigenvalue weighted by molar-refractivity contribution is 0.0819. The molecule has 1 saturated heterocycles. The van der Waals surface area contributed by atoms with Crippen LogP contribution < -0.4 is 0 Å². The standard InChI is InChI=1S/C17H19FN2O2/c18-15-5-3-14(4-6-15)12-19-7-9-20(10-8-19)13-16(21)17-2-1-11-22-17/h1-6,11H,7-10,12-13H2. The van der Waals surface area contributed by atoms with Gasteiger partial charge in [-0.3, -0.25) is 14.6 Å². The zero-order valence-corrected chi connectivity index (χ0v) is 12.4. The van der Waals surface area contributed by atoms with Gasteiger partial charge in [0.1, 0.15) is 5.82 Å². The summed E-state index contributed by atoms with van der Waals surface area (Å²) in [5, 5.41) is 0. The summed E-state index contributed by atoms with van der Waals surface area (Å²) in [5.74, 6) is 0.246. The molecule has 0 aliphatic carbocycles. The average molecular weight is 302 g/mol. The van der Waals surface area contributed by atoms with E-state index < -0.39 is 0 Å². The number of carbonyl (C=O) groups is 1. The summed E-state index contributed by atoms with van der Waals surface area (Å²) in [6.45, 7) is 4.74. The van der Waals surface area contributed by atoms with Crippen LogP contribution in [0.3, 0.4) is 0 Å². The Morgan fingerprint density at radius 2 is 1.73 bits per heavy atom. The first-order valence-corrected chi connectivity index (χ1v) is 7.46. The zero-order chi connectivity index (χ0) is 15.4. The average Bonchev–Trinajstić information content (AvgIpc) is 3.06. The summed E-state index contributed by atoms with van der Waals surface area (Å²) in [7, 11) is 0. The van der Waals surface area contributed by atoms with Gasteiger partial charge in [-0.2, -0.15) is 0 Å². The first kappa shape index (κ1) is 14.9. The summed E-state index contributed by atoms with van der Waals surface area (Å²) < 4.78 is 18.0. The molecule has 1 aromatic carbocycles. The Labute approximate surface area is 129 Å². The second-order valence-corrected chi connectivity index (χ2v) is 5.58. The fourth-order valence-electron chi connectivity index (χ4n) is 2.67. The van der Waals surface area contributed by atoms with Crippen LogP contribution >= 0.6 is 0 Å². The van der Waals surface area contributed by atoms with Crippen molar-refractivity contribution in [3.63, 3.8) is 0 Å². The van der Waals surface area contributed by atoms with Crippen LogP contribution in [0.15, 0.2) is 47.1 Å². The van der Waals surface area contributed by atoms with Crippen molar-refractivity contribution in [2.45, 2.75) is 6.54 Å². The SMILES string of the molecule is O=C(CN1CCN(Cc2ccc(F)cc2)CC1)c1ccco1. The molecule has 0 N–H and O–H groups in total. The summed E-state index contributed by atoms with van der Waals surface area (Å²) in [6, 6.07) is 10.1. The van der Waals surface area contributed by atoms with Crippen molar-refractivity contribution < 1.29 is 13.6 Å². The Morgan fingerprint density at radius 1 is 1.05 bits per heavy atom. The molecule has 2 heterocycles. The Balaban J connectivity index is 1.46. The van der Waals surface area contributed by atoms with E-state index in [1.54, 1.807) is 12.1 Å². The highest BCUT2D eigenvalue weighted by molar-refractivity contribution is 5.94. The number of carbonyl (C=O) groups excluding carboxylic acids is 1. The third-order valence-electron chi connectivity index (χ3n) is 3.95. The van der Waals surface area contributed by atoms with E-state index in [9.17, 15) is 9.18 Å². The molecule has 1 aliphatic rings. The molecule has 0 amide bonds. The molecule has 2 aromatic rings. The van der Waals surface area contributed by atoms with Gasteiger partial charge in [0.05, 0.1) is 12.8 Å². The molecule has 1 fully saturated rings. The first-order chi connectivity index (χ1) is 10.7. The van der Waals surface area contributed by atoms with Gasteiger partial charge in [-0.15, -0.1) is 0 Å². The summed E-state index contributed by atoms with van der Waals surface area (Å²) in [5.41, 5.74) is 1.11. The fourth-order valence-corrected chi connectivity index (χ4v) is 2.67. The van der Waals surface area contributed by atoms with Crippen molar-refractivity contribution in [2.75, 3.05) is 32.7 Å². The first-order valence-electron chi connectivity index (χ1n) is 7.46. The van der Waals surface area contributed by atoms with Crippen LogP contribution in [0.4, 0.5) is 4.39 Å². The largest absolute Gasteiger partial charge is 0.461 e. The third-order valence-corrected chi connectivity index (χ3v) is 3.95. The quantitative estimate of drug-likeness (QED) is 0.795. The van der Waals surface area contributed by atoms with Gasteiger partial charge in [0.2, 0.25) is 5.78 Å². The Morgan fingerprint density at radius 3 is 2.36 bits per heavy atom. The molecule has 5 heteroatoms. The lowest BCUT2D eigenvalue weighted by atomic mass is 10.2. The topological polar surface area (TPSA) is 36.7 Å². The number of Topliss-reactive ketones (excluding diaryl/α,β-unsaturated/α-hetero) is 1. The van der Waals surface area contributed by atoms with Crippen LogP contribution in [0.5, 0.6) is 0 Å². The highest BCUT2D eigenvalue weighted by atomic mass is 19.1. The number of halogens is 1. The van der Waals surface area contributed by atoms with Crippen LogP contribution in [0, 0.1) is 5.82 Å². The van der Waals surface area contributed by atoms with Crippen molar-refractivity contribution in [1.29, 1.82) is 0 Å². The number of piperazine rings is 1. The van der Waals surface area contributed by atoms with E-state index in [0.717, 1.165) is 38.3 Å². The van der Waals surface area contributed by atoms with Crippen molar-refractivity contribution in [2.24, 2.45) is 0 Å². The maximum absolute atomic E-state index is 12.9. The van der Waals surface area contributed by atoms with Gasteiger partial charge in [-0.25, -0.2) is 4.39 Å². The number of benzene rings is 1. The van der Waals surface area contributed by atoms with Crippen LogP contribution in [0.25, 0.3) is 0 Å². The molecule has 116 valence electrons. The molecule has 0 radical (unpaired) electrons. The Hall–Kier alpha value is -1.98. The molecule has 22 heavy (non-hydrogen) atoms. The second-order valence-electron chi connectivity index (χ2n) is 5.58. The van der Waals surface area contributed by atoms with Crippen LogP contribution in [-0.2, 0) is 6.54 Å². The molecule has 0 unspecified atom stereocenters. The van der Waals surface area contributed by atoms with Gasteiger partial charge in [-0.05, 0) is 29.8 Å². The van der Waals surface area contributed by atoms with Crippen molar-refractivity contribution in [3.8, 4) is 0 Å². The number of hydrogen-bond acceptors (Lipinski definition) is 4. The van der Waals surface area contributed by atoms with E-state index in [1.807, 2.05) is 12.1 Å². The van der Waals surface area contributed by atoms with Crippen molar-refractivity contribution in [3.05, 3.63) is 59.8 Å². The Kier molecular flexibility index (Phi) is 4.65. The van der Waals surface area contributed by atoms with Gasteiger partial charge in [0, 0.05) is 32.7 Å². The van der Waals surface area contributed by atoms with Gasteiger partial charge in [0.25, 0.3) is 0 Å². The monoisotopic (exact) mass is 302 g/mol. The molecule has 3 rings (SSSR count). The van der Waals surface area contributed by atoms with Gasteiger partial charge in [0.15, 0.2) is 5.76 Å². The number of hydrogen-bond donors (Lipinski definition) is 0. The van der Waals surface area contributed by atoms with Crippen LogP contribution in [0.2, 0.25) is 0 Å². The number of ketones is 1. The molecule has 0 atom stereocenters. The molecule has 4 nitrogen and oxygen atoms in total. The van der Waals surface area contributed by atoms with Gasteiger partial charge < -0.3 is 4.42 Å². The van der Waals surface area contributed by atoms with Crippen molar-refractivity contribution in [1.82, 2.24) is 9.80 Å². The van der Waals surface area contributed by atoms with Crippen LogP contribution in [0.1, 0.15) is 16.1 Å². The smallest absolute Gasteiger partial charge is 0.211 e. The van der Waals surface area contributed by atoms with E-state index in [0.29, 0.717) is 12.3 Å². The molecular weight excluding hydrogens is 283 g/mol. The second kappa shape index (κ2) is 6.85. The van der Waals surface area contributed by atoms with E-state index in [4.69, 9.17) is 4.42 Å². The van der Waals surface area contributed by atoms with Crippen LogP contribution in [-0.4, -0.2) is 48.3 Å². The normalized spacial score (nSPS) is 16.8. The lowest BCUT2D eigenvalue weighted by Crippen LogP contribution is -2.47. The molecule has 0 spiro atoms. The van der Waals surface area contributed by atoms with E-state index in [-0.39, 0.29) is 11.6 Å². The number of rotatable bonds is 5. The zero-order valence-electron chi connectivity index (χ0n) is 12.4. The summed E-state index contributed by atoms with van der Waals surface area (Å²) >= 11 is 0. The third kappa shape index (κ3) is 3.81. The maximum atomic E-state index is 12.9. The summed E-state index contributed by atoms with van der Waals surface area (Å²) in [4.78, 5) is 16.5. The highest BCUT2D eigenvalue weighted by Gasteiger charge is 2.20. The predicted octanol–water partition coefficient (Wildman–Crippen LogP) is 2.42. The molecular formula is C17H19FN2O2. The minimum atomic E-state index is -0.204. The fraction of sp³-hybridized carbons (Fsp3) is 0.353. The predicted molar refractivity (Wildman–Crippen MR) is 81.2 cm³/mol. The van der Waals surface area contributed by atoms with E-state index >= 15 is 0 Å². The number of nitrogens with zero attached hydrogens (tertiary/aromatic N) is 2. The lowest BCUT2D eigenvalue weighted by Gasteiger charge is -2.34. The van der Waals surface area contributed by atoms with Gasteiger partial charge >= 0.3 is 0 Å². The van der Waals surface area contributed by atoms with E-state index in [1.165, 1.54) is 18.4 Å². The minimum absolute atomic E-state index is 0.0250. The molecule has 1 aromatic heterocycles. The molecule has 0 bridgehead atoms. The number of furan rings is 1. The molecule has 0 saturated carbocycles. The maximum Gasteiger partial charge on any atom is 0.211 e. The minimum Gasteiger partial charge on any atom is -0.461 e. The Bertz CT molecular complexity index is 602. The molecule has 1 aliphatic heterocycles. The summed E-state index contributed by atoms with van der Waals surface area (Å²) in [6.07, 6.45) is 1.52. The highest BCUT2D eigenvalue weighted by Crippen LogP contribution is 2.10. The van der Waals surface area contributed by atoms with Gasteiger partial charge in [-0.1, -0.05) is 12.1 Å². The van der Waals surface area contributed by atoms with Crippen molar-refractivity contribution >= 4 is 5.78 Å². The van der Waals surface area contributed by atoms with E-state index in [2.05, 4.69) is 9.80 Å².